The molecule has 1 heterocycles. The van der Waals surface area contributed by atoms with Gasteiger partial charge >= 0.3 is 0 Å². The van der Waals surface area contributed by atoms with Crippen molar-refractivity contribution in [3.05, 3.63) is 40.9 Å². The lowest BCUT2D eigenvalue weighted by Crippen LogP contribution is -1.97. The van der Waals surface area contributed by atoms with E-state index in [1.165, 1.54) is 16.9 Å². The van der Waals surface area contributed by atoms with E-state index in [1.807, 2.05) is 6.07 Å². The topological polar surface area (TPSA) is 61.0 Å². The van der Waals surface area contributed by atoms with Gasteiger partial charge in [0.15, 0.2) is 0 Å². The molecule has 0 spiro atoms. The van der Waals surface area contributed by atoms with E-state index in [4.69, 9.17) is 10.5 Å². The summed E-state index contributed by atoms with van der Waals surface area (Å²) in [5.41, 5.74) is 6.82. The molecule has 0 atom stereocenters. The van der Waals surface area contributed by atoms with Crippen molar-refractivity contribution in [2.75, 3.05) is 12.3 Å². The van der Waals surface area contributed by atoms with Gasteiger partial charge in [0, 0.05) is 6.61 Å². The first-order chi connectivity index (χ1) is 8.34. The summed E-state index contributed by atoms with van der Waals surface area (Å²) < 4.78 is 5.51. The molecule has 0 aliphatic heterocycles. The van der Waals surface area contributed by atoms with E-state index in [0.717, 1.165) is 24.5 Å². The predicted molar refractivity (Wildman–Crippen MR) is 68.7 cm³/mol. The highest BCUT2D eigenvalue weighted by Crippen LogP contribution is 2.12. The van der Waals surface area contributed by atoms with Gasteiger partial charge < -0.3 is 10.5 Å². The van der Waals surface area contributed by atoms with Gasteiger partial charge in [-0.15, -0.1) is 10.2 Å². The molecule has 1 aromatic heterocycles. The van der Waals surface area contributed by atoms with Gasteiger partial charge in [0.05, 0.1) is 0 Å². The van der Waals surface area contributed by atoms with Crippen molar-refractivity contribution < 1.29 is 4.74 Å². The van der Waals surface area contributed by atoms with E-state index in [2.05, 4.69) is 34.5 Å². The Morgan fingerprint density at radius 2 is 2.00 bits per heavy atom. The molecule has 4 nitrogen and oxygen atoms in total. The molecule has 0 bridgehead atoms. The fourth-order valence-corrected chi connectivity index (χ4v) is 2.05. The van der Waals surface area contributed by atoms with Gasteiger partial charge in [0.1, 0.15) is 11.6 Å². The lowest BCUT2D eigenvalue weighted by Gasteiger charge is -2.02. The third-order valence-corrected chi connectivity index (χ3v) is 3.03. The summed E-state index contributed by atoms with van der Waals surface area (Å²) in [6.45, 7) is 1.23. The first kappa shape index (κ1) is 12.0. The molecule has 0 unspecified atom stereocenters. The molecule has 5 heteroatoms. The Hall–Kier alpha value is -1.46. The minimum atomic E-state index is 0.493. The summed E-state index contributed by atoms with van der Waals surface area (Å²) in [5.74, 6) is 0. The van der Waals surface area contributed by atoms with Gasteiger partial charge in [0.25, 0.3) is 0 Å². The quantitative estimate of drug-likeness (QED) is 0.798. The van der Waals surface area contributed by atoms with Crippen LogP contribution in [0.5, 0.6) is 0 Å². The molecule has 0 fully saturated rings. The van der Waals surface area contributed by atoms with E-state index in [-0.39, 0.29) is 0 Å². The highest BCUT2D eigenvalue weighted by atomic mass is 32.1. The Morgan fingerprint density at radius 1 is 1.18 bits per heavy atom. The number of nitrogens with zero attached hydrogens (tertiary/aromatic N) is 2. The summed E-state index contributed by atoms with van der Waals surface area (Å²) in [5, 5.41) is 8.95. The lowest BCUT2D eigenvalue weighted by atomic mass is 10.1. The van der Waals surface area contributed by atoms with Gasteiger partial charge in [-0.25, -0.2) is 0 Å². The van der Waals surface area contributed by atoms with Crippen molar-refractivity contribution in [3.63, 3.8) is 0 Å². The minimum Gasteiger partial charge on any atom is -0.374 e. The number of nitrogen functional groups attached to an aromatic ring is 1. The molecular weight excluding hydrogens is 234 g/mol. The van der Waals surface area contributed by atoms with Crippen molar-refractivity contribution >= 4 is 16.5 Å². The van der Waals surface area contributed by atoms with Gasteiger partial charge in [-0.3, -0.25) is 0 Å². The molecule has 1 aromatic carbocycles. The predicted octanol–water partition coefficient (Wildman–Crippen LogP) is 2.27. The standard InChI is InChI=1S/C12H15N3OS/c13-12-15-14-11(17-12)9-16-8-4-7-10-5-2-1-3-6-10/h1-3,5-6H,4,7-9H2,(H2,13,15). The number of aryl methyl sites for hydroxylation is 1. The normalized spacial score (nSPS) is 10.6. The van der Waals surface area contributed by atoms with Crippen LogP contribution in [0.1, 0.15) is 17.0 Å². The second-order valence-corrected chi connectivity index (χ2v) is 4.77. The number of anilines is 1. The highest BCUT2D eigenvalue weighted by Gasteiger charge is 2.00. The summed E-state index contributed by atoms with van der Waals surface area (Å²) in [7, 11) is 0. The van der Waals surface area contributed by atoms with Crippen LogP contribution in [-0.4, -0.2) is 16.8 Å². The third-order valence-electron chi connectivity index (χ3n) is 2.30. The first-order valence-corrected chi connectivity index (χ1v) is 6.36. The summed E-state index contributed by atoms with van der Waals surface area (Å²) >= 11 is 1.37. The molecule has 17 heavy (non-hydrogen) atoms. The Balaban J connectivity index is 1.61. The van der Waals surface area contributed by atoms with Crippen molar-refractivity contribution in [3.8, 4) is 0 Å². The molecule has 0 amide bonds. The van der Waals surface area contributed by atoms with Crippen LogP contribution >= 0.6 is 11.3 Å². The molecular formula is C12H15N3OS. The molecule has 90 valence electrons. The maximum atomic E-state index is 5.51. The van der Waals surface area contributed by atoms with Crippen LogP contribution in [0.2, 0.25) is 0 Å². The second-order valence-electron chi connectivity index (χ2n) is 3.68. The van der Waals surface area contributed by atoms with E-state index in [9.17, 15) is 0 Å². The van der Waals surface area contributed by atoms with E-state index >= 15 is 0 Å². The number of aromatic nitrogens is 2. The third kappa shape index (κ3) is 4.13. The first-order valence-electron chi connectivity index (χ1n) is 5.54. The average Bonchev–Trinajstić information content (AvgIpc) is 2.76. The number of benzene rings is 1. The van der Waals surface area contributed by atoms with Gasteiger partial charge in [-0.05, 0) is 18.4 Å². The molecule has 2 rings (SSSR count). The Morgan fingerprint density at radius 3 is 2.71 bits per heavy atom. The van der Waals surface area contributed by atoms with Crippen molar-refractivity contribution in [1.82, 2.24) is 10.2 Å². The van der Waals surface area contributed by atoms with Gasteiger partial charge in [0.2, 0.25) is 5.13 Å². The number of hydrogen-bond acceptors (Lipinski definition) is 5. The SMILES string of the molecule is Nc1nnc(COCCCc2ccccc2)s1. The van der Waals surface area contributed by atoms with E-state index in [1.54, 1.807) is 0 Å². The number of rotatable bonds is 6. The maximum Gasteiger partial charge on any atom is 0.203 e. The van der Waals surface area contributed by atoms with Crippen LogP contribution in [0.3, 0.4) is 0 Å². The number of ether oxygens (including phenoxy) is 1. The highest BCUT2D eigenvalue weighted by molar-refractivity contribution is 7.15. The Kier molecular flexibility index (Phi) is 4.46. The zero-order valence-corrected chi connectivity index (χ0v) is 10.3. The van der Waals surface area contributed by atoms with Crippen LogP contribution in [0.25, 0.3) is 0 Å². The zero-order chi connectivity index (χ0) is 11.9. The van der Waals surface area contributed by atoms with Gasteiger partial charge in [-0.1, -0.05) is 41.7 Å². The average molecular weight is 249 g/mol. The molecule has 0 aliphatic rings. The van der Waals surface area contributed by atoms with E-state index in [0.29, 0.717) is 11.7 Å². The lowest BCUT2D eigenvalue weighted by molar-refractivity contribution is 0.118. The molecule has 0 saturated carbocycles. The summed E-state index contributed by atoms with van der Waals surface area (Å²) in [4.78, 5) is 0. The monoisotopic (exact) mass is 249 g/mol. The van der Waals surface area contributed by atoms with E-state index < -0.39 is 0 Å². The van der Waals surface area contributed by atoms with Gasteiger partial charge in [-0.2, -0.15) is 0 Å². The van der Waals surface area contributed by atoms with Crippen molar-refractivity contribution in [2.24, 2.45) is 0 Å². The Labute approximate surface area is 104 Å². The molecule has 2 aromatic rings. The molecule has 0 aliphatic carbocycles. The zero-order valence-electron chi connectivity index (χ0n) is 9.50. The van der Waals surface area contributed by atoms with Crippen molar-refractivity contribution in [2.45, 2.75) is 19.4 Å². The largest absolute Gasteiger partial charge is 0.374 e. The summed E-state index contributed by atoms with van der Waals surface area (Å²) in [6.07, 6.45) is 2.05. The van der Waals surface area contributed by atoms with Crippen LogP contribution in [0.15, 0.2) is 30.3 Å². The minimum absolute atomic E-state index is 0.493. The molecule has 0 saturated heterocycles. The maximum absolute atomic E-state index is 5.51. The van der Waals surface area contributed by atoms with Crippen LogP contribution in [0.4, 0.5) is 5.13 Å². The Bertz CT molecular complexity index is 444. The number of hydrogen-bond donors (Lipinski definition) is 1. The molecule has 2 N–H and O–H groups in total. The van der Waals surface area contributed by atoms with Crippen LogP contribution in [-0.2, 0) is 17.8 Å². The smallest absolute Gasteiger partial charge is 0.203 e. The van der Waals surface area contributed by atoms with Crippen LogP contribution in [0, 0.1) is 0 Å². The number of nitrogens with two attached hydrogens (primary N) is 1. The fourth-order valence-electron chi connectivity index (χ4n) is 1.51. The van der Waals surface area contributed by atoms with Crippen LogP contribution < -0.4 is 5.73 Å². The molecule has 0 radical (unpaired) electrons. The second kappa shape index (κ2) is 6.32. The fraction of sp³-hybridized carbons (Fsp3) is 0.333. The van der Waals surface area contributed by atoms with Crippen molar-refractivity contribution in [1.29, 1.82) is 0 Å². The summed E-state index contributed by atoms with van der Waals surface area (Å²) in [6, 6.07) is 10.4.